The van der Waals surface area contributed by atoms with Gasteiger partial charge in [0.15, 0.2) is 0 Å². The van der Waals surface area contributed by atoms with Gasteiger partial charge >= 0.3 is 11.3 Å². The Hall–Kier alpha value is -4.79. The molecule has 1 aromatic heterocycles. The summed E-state index contributed by atoms with van der Waals surface area (Å²) in [7, 11) is -4.94. The Bertz CT molecular complexity index is 2070. The van der Waals surface area contributed by atoms with Crippen LogP contribution >= 0.6 is 11.6 Å². The molecule has 0 amide bonds. The molecular weight excluding hydrogens is 647 g/mol. The van der Waals surface area contributed by atoms with E-state index in [1.165, 1.54) is 0 Å². The number of benzene rings is 4. The molecule has 6 nitrogen and oxygen atoms in total. The molecule has 0 spiro atoms. The first-order valence-electron chi connectivity index (χ1n) is 15.3. The second-order valence-electron chi connectivity index (χ2n) is 11.1. The van der Waals surface area contributed by atoms with Crippen molar-refractivity contribution in [3.8, 4) is 17.1 Å². The van der Waals surface area contributed by atoms with Crippen LogP contribution in [0.25, 0.3) is 39.7 Å². The molecule has 2 aliphatic rings. The first kappa shape index (κ1) is 33.1. The molecule has 0 fully saturated rings. The van der Waals surface area contributed by atoms with Crippen LogP contribution < -0.4 is 23.4 Å². The van der Waals surface area contributed by atoms with Gasteiger partial charge in [0.2, 0.25) is 0 Å². The molecule has 48 heavy (non-hydrogen) atoms. The highest BCUT2D eigenvalue weighted by atomic mass is 35.7. The van der Waals surface area contributed by atoms with E-state index in [0.717, 1.165) is 91.5 Å². The van der Waals surface area contributed by atoms with E-state index >= 15 is 0 Å². The topological polar surface area (TPSA) is 113 Å². The lowest BCUT2D eigenvalue weighted by atomic mass is 9.92. The fraction of sp³-hybridized carbons (Fsp3) is 0.0750. The molecule has 8 heteroatoms. The summed E-state index contributed by atoms with van der Waals surface area (Å²) in [5.74, 6) is 2.54. The van der Waals surface area contributed by atoms with E-state index in [-0.39, 0.29) is 0 Å². The summed E-state index contributed by atoms with van der Waals surface area (Å²) in [5.41, 5.74) is 8.55. The number of para-hydroxylation sites is 2. The van der Waals surface area contributed by atoms with Gasteiger partial charge in [0.1, 0.15) is 11.5 Å². The van der Waals surface area contributed by atoms with Gasteiger partial charge in [-0.2, -0.15) is 0 Å². The van der Waals surface area contributed by atoms with E-state index in [1.54, 1.807) is 0 Å². The number of rotatable bonds is 5. The van der Waals surface area contributed by atoms with Gasteiger partial charge in [-0.05, 0) is 66.3 Å². The Balaban J connectivity index is 0.000000749. The molecule has 0 N–H and O–H groups in total. The van der Waals surface area contributed by atoms with Crippen molar-refractivity contribution in [1.29, 1.82) is 0 Å². The second-order valence-corrected chi connectivity index (χ2v) is 12.3. The molecule has 7 rings (SSSR count). The molecule has 0 radical (unpaired) electrons. The normalized spacial score (nSPS) is 16.4. The second kappa shape index (κ2) is 15.0. The minimum atomic E-state index is -4.94. The van der Waals surface area contributed by atoms with Crippen LogP contribution in [0.15, 0.2) is 160 Å². The molecule has 240 valence electrons. The van der Waals surface area contributed by atoms with E-state index in [4.69, 9.17) is 39.4 Å². The predicted octanol–water partition coefficient (Wildman–Crippen LogP) is 6.76. The lowest BCUT2D eigenvalue weighted by Gasteiger charge is -2.21. The van der Waals surface area contributed by atoms with Crippen LogP contribution in [0.3, 0.4) is 0 Å². The molecule has 1 aliphatic carbocycles. The van der Waals surface area contributed by atoms with Gasteiger partial charge in [-0.3, -0.25) is 0 Å². The van der Waals surface area contributed by atoms with Gasteiger partial charge in [0, 0.05) is 27.8 Å². The summed E-state index contributed by atoms with van der Waals surface area (Å²) in [5, 5.41) is 1.91. The zero-order valence-corrected chi connectivity index (χ0v) is 27.2. The lowest BCUT2D eigenvalue weighted by molar-refractivity contribution is -2.00. The molecule has 0 unspecified atom stereocenters. The average molecular weight is 678 g/mol. The largest absolute Gasteiger partial charge is 0.456 e. The number of halogens is 2. The minimum Gasteiger partial charge on any atom is -0.456 e. The van der Waals surface area contributed by atoms with E-state index in [9.17, 15) is 0 Å². The molecule has 5 aromatic rings. The lowest BCUT2D eigenvalue weighted by Crippen LogP contribution is -2.68. The summed E-state index contributed by atoms with van der Waals surface area (Å²) in [4.78, 5) is 0. The third kappa shape index (κ3) is 8.37. The monoisotopic (exact) mass is 676 g/mol. The molecule has 0 saturated carbocycles. The zero-order chi connectivity index (χ0) is 33.5. The highest BCUT2D eigenvalue weighted by molar-refractivity contribution is 6.32. The predicted molar refractivity (Wildman–Crippen MR) is 179 cm³/mol. The molecule has 1 aliphatic heterocycles. The third-order valence-electron chi connectivity index (χ3n) is 7.91. The van der Waals surface area contributed by atoms with Crippen LogP contribution in [-0.2, 0) is 0 Å². The molecule has 0 bridgehead atoms. The fourth-order valence-electron chi connectivity index (χ4n) is 5.68. The van der Waals surface area contributed by atoms with Gasteiger partial charge < -0.3 is 4.74 Å². The van der Waals surface area contributed by atoms with E-state index < -0.39 is 10.2 Å². The summed E-state index contributed by atoms with van der Waals surface area (Å²) in [6.07, 6.45) is 13.8. The van der Waals surface area contributed by atoms with E-state index in [0.29, 0.717) is 0 Å². The Labute approximate surface area is 285 Å². The Morgan fingerprint density at radius 1 is 0.708 bits per heavy atom. The van der Waals surface area contributed by atoms with E-state index in [1.807, 2.05) is 72.8 Å². The average Bonchev–Trinajstić information content (AvgIpc) is 3.10. The van der Waals surface area contributed by atoms with Crippen molar-refractivity contribution in [2.24, 2.45) is 0 Å². The van der Waals surface area contributed by atoms with Crippen molar-refractivity contribution in [2.75, 3.05) is 0 Å². The van der Waals surface area contributed by atoms with Gasteiger partial charge in [-0.15, -0.1) is 10.2 Å². The van der Waals surface area contributed by atoms with Crippen LogP contribution in [-0.4, -0.2) is 0 Å². The number of hydrogen-bond acceptors (Lipinski definition) is 5. The van der Waals surface area contributed by atoms with E-state index in [2.05, 4.69) is 72.8 Å². The zero-order valence-electron chi connectivity index (χ0n) is 25.7. The highest BCUT2D eigenvalue weighted by Gasteiger charge is 2.20. The highest BCUT2D eigenvalue weighted by Crippen LogP contribution is 2.39. The summed E-state index contributed by atoms with van der Waals surface area (Å²) in [6.45, 7) is 0. The van der Waals surface area contributed by atoms with Crippen molar-refractivity contribution in [1.82, 2.24) is 0 Å². The van der Waals surface area contributed by atoms with Crippen LogP contribution in [0, 0.1) is 10.2 Å². The molecule has 0 saturated heterocycles. The van der Waals surface area contributed by atoms with Crippen LogP contribution in [0.4, 0.5) is 0 Å². The Morgan fingerprint density at radius 2 is 1.35 bits per heavy atom. The first-order valence-corrected chi connectivity index (χ1v) is 16.9. The fourth-order valence-corrected chi connectivity index (χ4v) is 5.99. The number of fused-ring (bicyclic) bond motifs is 2. The number of ether oxygens (including phenoxy) is 1. The van der Waals surface area contributed by atoms with Gasteiger partial charge in [0.05, 0.1) is 17.0 Å². The summed E-state index contributed by atoms with van der Waals surface area (Å²) >= 11 is 7.08. The smallest absolute Gasteiger partial charge is 0.361 e. The van der Waals surface area contributed by atoms with Crippen LogP contribution in [0.2, 0.25) is 0 Å². The number of allylic oxidation sites excluding steroid dienone is 8. The van der Waals surface area contributed by atoms with Crippen molar-refractivity contribution < 1.29 is 38.0 Å². The molecule has 2 heterocycles. The SMILES string of the molecule is ClC1=C(/C=C\c2cc(-c3ccccc3)[o+]c3ccccc23)CCC/C1=C\C=C1\C=C(c2ccccc2)Oc2ccccc21.[O-][Cl+3]([O-])([O-])[O-]. The van der Waals surface area contributed by atoms with Gasteiger partial charge in [0.25, 0.3) is 0 Å². The van der Waals surface area contributed by atoms with Crippen LogP contribution in [0.1, 0.15) is 36.0 Å². The standard InChI is InChI=1S/C40H30ClO2.ClHO4/c41-40-30(22-24-32-26-38(28-12-3-1-4-13-28)42-36-20-9-7-18-34(32)36)16-11-17-31(40)23-25-33-27-39(29-14-5-2-6-15-29)43-37-21-10-8-19-35(33)37;2-1(3,4)5/h1-10,12-15,18-27H,11,16-17H2;(H,2,3,4,5)/q+1;/p-1. The maximum absolute atomic E-state index is 8.49. The summed E-state index contributed by atoms with van der Waals surface area (Å²) < 4.78 is 46.5. The van der Waals surface area contributed by atoms with Crippen molar-refractivity contribution in [3.63, 3.8) is 0 Å². The van der Waals surface area contributed by atoms with Crippen molar-refractivity contribution >= 4 is 40.0 Å². The molecular formula is C40H30Cl2O6. The Morgan fingerprint density at radius 3 is 2.10 bits per heavy atom. The summed E-state index contributed by atoms with van der Waals surface area (Å²) in [6, 6.07) is 38.9. The maximum Gasteiger partial charge on any atom is 0.361 e. The Kier molecular flexibility index (Phi) is 10.3. The van der Waals surface area contributed by atoms with Gasteiger partial charge in [-0.1, -0.05) is 115 Å². The maximum atomic E-state index is 8.49. The third-order valence-corrected chi connectivity index (χ3v) is 8.40. The number of hydrogen-bond donors (Lipinski definition) is 0. The molecule has 4 aromatic carbocycles. The van der Waals surface area contributed by atoms with Crippen molar-refractivity contribution in [2.45, 2.75) is 19.3 Å². The van der Waals surface area contributed by atoms with Gasteiger partial charge in [-0.25, -0.2) is 23.1 Å². The first-order chi connectivity index (χ1) is 23.2. The quantitative estimate of drug-likeness (QED) is 0.190. The minimum absolute atomic E-state index is 0.833. The molecule has 0 atom stereocenters. The van der Waals surface area contributed by atoms with Crippen LogP contribution in [0.5, 0.6) is 5.75 Å². The van der Waals surface area contributed by atoms with Crippen molar-refractivity contribution in [3.05, 3.63) is 172 Å².